The fourth-order valence-corrected chi connectivity index (χ4v) is 1.81. The van der Waals surface area contributed by atoms with Gasteiger partial charge < -0.3 is 4.40 Å². The van der Waals surface area contributed by atoms with Crippen LogP contribution in [-0.4, -0.2) is 9.38 Å². The van der Waals surface area contributed by atoms with Crippen LogP contribution in [-0.2, 0) is 6.42 Å². The van der Waals surface area contributed by atoms with Gasteiger partial charge in [0, 0.05) is 10.7 Å². The molecule has 14 heavy (non-hydrogen) atoms. The number of rotatable bonds is 1. The molecule has 0 aliphatic heterocycles. The molecule has 0 aliphatic rings. The largest absolute Gasteiger partial charge is 0.302 e. The van der Waals surface area contributed by atoms with E-state index < -0.39 is 0 Å². The first kappa shape index (κ1) is 9.22. The Labute approximate surface area is 90.1 Å². The zero-order chi connectivity index (χ0) is 10.1. The molecule has 0 aliphatic carbocycles. The van der Waals surface area contributed by atoms with Crippen LogP contribution in [0, 0.1) is 18.3 Å². The fourth-order valence-electron chi connectivity index (χ4n) is 1.47. The number of fused-ring (bicyclic) bond motifs is 1. The van der Waals surface area contributed by atoms with Crippen molar-refractivity contribution in [1.29, 1.82) is 5.26 Å². The Balaban J connectivity index is 2.74. The number of hydrogen-bond acceptors (Lipinski definition) is 2. The number of imidazole rings is 1. The standard InChI is InChI=1S/C10H8BrN3/c1-7-9(4-5-12)14-6-8(11)2-3-10(14)13-7/h2-3,6H,4H2,1H3. The zero-order valence-corrected chi connectivity index (χ0v) is 9.24. The molecule has 0 radical (unpaired) electrons. The summed E-state index contributed by atoms with van der Waals surface area (Å²) in [7, 11) is 0. The van der Waals surface area contributed by atoms with Crippen LogP contribution in [0.25, 0.3) is 5.65 Å². The molecule has 0 saturated heterocycles. The number of pyridine rings is 1. The Hall–Kier alpha value is -1.34. The second kappa shape index (κ2) is 3.43. The first-order valence-corrected chi connectivity index (χ1v) is 5.01. The highest BCUT2D eigenvalue weighted by atomic mass is 79.9. The third-order valence-electron chi connectivity index (χ3n) is 2.13. The summed E-state index contributed by atoms with van der Waals surface area (Å²) in [6, 6.07) is 6.02. The highest BCUT2D eigenvalue weighted by molar-refractivity contribution is 9.10. The molecule has 2 rings (SSSR count). The molecule has 2 aromatic heterocycles. The summed E-state index contributed by atoms with van der Waals surface area (Å²) in [5, 5.41) is 8.69. The van der Waals surface area contributed by atoms with Crippen LogP contribution in [0.15, 0.2) is 22.8 Å². The Bertz CT molecular complexity index is 522. The summed E-state index contributed by atoms with van der Waals surface area (Å²) in [4.78, 5) is 4.36. The van der Waals surface area contributed by atoms with Crippen molar-refractivity contribution in [3.8, 4) is 6.07 Å². The van der Waals surface area contributed by atoms with E-state index in [0.717, 1.165) is 21.5 Å². The lowest BCUT2D eigenvalue weighted by Gasteiger charge is -1.98. The lowest BCUT2D eigenvalue weighted by Crippen LogP contribution is -1.92. The molecule has 4 heteroatoms. The van der Waals surface area contributed by atoms with E-state index in [1.807, 2.05) is 29.7 Å². The summed E-state index contributed by atoms with van der Waals surface area (Å²) in [6.45, 7) is 1.92. The van der Waals surface area contributed by atoms with E-state index in [0.29, 0.717) is 6.42 Å². The molecule has 70 valence electrons. The monoisotopic (exact) mass is 249 g/mol. The number of aryl methyl sites for hydroxylation is 1. The van der Waals surface area contributed by atoms with Gasteiger partial charge in [-0.2, -0.15) is 5.26 Å². The Morgan fingerprint density at radius 2 is 2.36 bits per heavy atom. The quantitative estimate of drug-likeness (QED) is 0.780. The average molecular weight is 250 g/mol. The van der Waals surface area contributed by atoms with E-state index in [1.54, 1.807) is 0 Å². The molecule has 2 aromatic rings. The summed E-state index contributed by atoms with van der Waals surface area (Å²) >= 11 is 3.40. The molecule has 0 spiro atoms. The van der Waals surface area contributed by atoms with E-state index in [4.69, 9.17) is 5.26 Å². The van der Waals surface area contributed by atoms with E-state index in [9.17, 15) is 0 Å². The normalized spacial score (nSPS) is 10.4. The Morgan fingerprint density at radius 1 is 1.57 bits per heavy atom. The molecular formula is C10H8BrN3. The summed E-state index contributed by atoms with van der Waals surface area (Å²) < 4.78 is 2.93. The van der Waals surface area contributed by atoms with Gasteiger partial charge in [0.15, 0.2) is 0 Å². The third-order valence-corrected chi connectivity index (χ3v) is 2.60. The zero-order valence-electron chi connectivity index (χ0n) is 7.66. The number of halogens is 1. The van der Waals surface area contributed by atoms with E-state index >= 15 is 0 Å². The molecule has 0 aromatic carbocycles. The molecule has 0 amide bonds. The molecule has 0 fully saturated rings. The van der Waals surface area contributed by atoms with E-state index in [2.05, 4.69) is 27.0 Å². The van der Waals surface area contributed by atoms with Crippen molar-refractivity contribution in [1.82, 2.24) is 9.38 Å². The van der Waals surface area contributed by atoms with Gasteiger partial charge in [-0.3, -0.25) is 0 Å². The summed E-state index contributed by atoms with van der Waals surface area (Å²) in [5.74, 6) is 0. The number of aromatic nitrogens is 2. The van der Waals surface area contributed by atoms with Gasteiger partial charge in [-0.1, -0.05) is 0 Å². The maximum Gasteiger partial charge on any atom is 0.137 e. The van der Waals surface area contributed by atoms with Gasteiger partial charge in [0.05, 0.1) is 23.9 Å². The van der Waals surface area contributed by atoms with Crippen LogP contribution in [0.5, 0.6) is 0 Å². The minimum absolute atomic E-state index is 0.392. The van der Waals surface area contributed by atoms with Crippen molar-refractivity contribution in [3.05, 3.63) is 34.2 Å². The summed E-state index contributed by atoms with van der Waals surface area (Å²) in [5.41, 5.74) is 2.77. The average Bonchev–Trinajstić information content (AvgIpc) is 2.45. The smallest absolute Gasteiger partial charge is 0.137 e. The van der Waals surface area contributed by atoms with Gasteiger partial charge in [0.1, 0.15) is 5.65 Å². The van der Waals surface area contributed by atoms with Crippen molar-refractivity contribution < 1.29 is 0 Å². The molecule has 0 unspecified atom stereocenters. The maximum absolute atomic E-state index is 8.69. The molecule has 2 heterocycles. The number of nitrogens with zero attached hydrogens (tertiary/aromatic N) is 3. The van der Waals surface area contributed by atoms with Crippen LogP contribution in [0.1, 0.15) is 11.4 Å². The van der Waals surface area contributed by atoms with Crippen molar-refractivity contribution >= 4 is 21.6 Å². The second-order valence-electron chi connectivity index (χ2n) is 3.05. The molecule has 3 nitrogen and oxygen atoms in total. The van der Waals surface area contributed by atoms with Gasteiger partial charge in [0.2, 0.25) is 0 Å². The highest BCUT2D eigenvalue weighted by Gasteiger charge is 2.07. The van der Waals surface area contributed by atoms with Gasteiger partial charge in [-0.05, 0) is 35.0 Å². The minimum Gasteiger partial charge on any atom is -0.302 e. The van der Waals surface area contributed by atoms with Crippen LogP contribution in [0.4, 0.5) is 0 Å². The van der Waals surface area contributed by atoms with Crippen LogP contribution >= 0.6 is 15.9 Å². The van der Waals surface area contributed by atoms with E-state index in [-0.39, 0.29) is 0 Å². The van der Waals surface area contributed by atoms with Crippen LogP contribution < -0.4 is 0 Å². The van der Waals surface area contributed by atoms with Gasteiger partial charge in [0.25, 0.3) is 0 Å². The number of nitriles is 1. The van der Waals surface area contributed by atoms with Crippen molar-refractivity contribution in [3.63, 3.8) is 0 Å². The van der Waals surface area contributed by atoms with Crippen molar-refractivity contribution in [2.45, 2.75) is 13.3 Å². The molecule has 0 N–H and O–H groups in total. The predicted octanol–water partition coefficient (Wildman–Crippen LogP) is 2.47. The molecule has 0 bridgehead atoms. The van der Waals surface area contributed by atoms with Crippen LogP contribution in [0.2, 0.25) is 0 Å². The van der Waals surface area contributed by atoms with Gasteiger partial charge in [-0.25, -0.2) is 4.98 Å². The number of hydrogen-bond donors (Lipinski definition) is 0. The van der Waals surface area contributed by atoms with Crippen molar-refractivity contribution in [2.24, 2.45) is 0 Å². The SMILES string of the molecule is Cc1nc2ccc(Br)cn2c1CC#N. The Kier molecular flexibility index (Phi) is 2.26. The van der Waals surface area contributed by atoms with Crippen molar-refractivity contribution in [2.75, 3.05) is 0 Å². The predicted molar refractivity (Wildman–Crippen MR) is 56.9 cm³/mol. The Morgan fingerprint density at radius 3 is 3.07 bits per heavy atom. The maximum atomic E-state index is 8.69. The minimum atomic E-state index is 0.392. The first-order valence-electron chi connectivity index (χ1n) is 4.22. The lowest BCUT2D eigenvalue weighted by atomic mass is 10.3. The first-order chi connectivity index (χ1) is 6.72. The highest BCUT2D eigenvalue weighted by Crippen LogP contribution is 2.16. The van der Waals surface area contributed by atoms with E-state index in [1.165, 1.54) is 0 Å². The fraction of sp³-hybridized carbons (Fsp3) is 0.200. The lowest BCUT2D eigenvalue weighted by molar-refractivity contribution is 1.03. The van der Waals surface area contributed by atoms with Gasteiger partial charge in [-0.15, -0.1) is 0 Å². The second-order valence-corrected chi connectivity index (χ2v) is 3.97. The topological polar surface area (TPSA) is 41.1 Å². The third kappa shape index (κ3) is 1.40. The van der Waals surface area contributed by atoms with Crippen LogP contribution in [0.3, 0.4) is 0 Å². The summed E-state index contributed by atoms with van der Waals surface area (Å²) in [6.07, 6.45) is 2.32. The molecule has 0 atom stereocenters. The molecular weight excluding hydrogens is 242 g/mol. The molecule has 0 saturated carbocycles. The van der Waals surface area contributed by atoms with Gasteiger partial charge >= 0.3 is 0 Å².